The number of methoxy groups -OCH3 is 1. The molecule has 0 bridgehead atoms. The van der Waals surface area contributed by atoms with Gasteiger partial charge in [-0.25, -0.2) is 4.99 Å². The number of benzene rings is 2. The van der Waals surface area contributed by atoms with Gasteiger partial charge < -0.3 is 15.2 Å². The number of thioether (sulfide) groups is 1. The molecule has 0 radical (unpaired) electrons. The van der Waals surface area contributed by atoms with E-state index in [1.165, 1.54) is 25.3 Å². The Morgan fingerprint density at radius 2 is 2.15 bits per heavy atom. The first-order chi connectivity index (χ1) is 12.9. The van der Waals surface area contributed by atoms with E-state index in [-0.39, 0.29) is 11.7 Å². The highest BCUT2D eigenvalue weighted by Gasteiger charge is 2.25. The number of nitro groups is 1. The molecule has 0 atom stereocenters. The highest BCUT2D eigenvalue weighted by molar-refractivity contribution is 9.10. The number of carbonyl (C=O) groups is 1. The lowest BCUT2D eigenvalue weighted by atomic mass is 10.1. The highest BCUT2D eigenvalue weighted by Crippen LogP contribution is 2.38. The van der Waals surface area contributed by atoms with Crippen molar-refractivity contribution in [3.05, 3.63) is 61.5 Å². The number of amidine groups is 1. The van der Waals surface area contributed by atoms with Gasteiger partial charge in [0, 0.05) is 10.5 Å². The molecule has 0 unspecified atom stereocenters. The van der Waals surface area contributed by atoms with Crippen LogP contribution >= 0.6 is 27.7 Å². The van der Waals surface area contributed by atoms with Crippen LogP contribution in [0.4, 0.5) is 11.4 Å². The van der Waals surface area contributed by atoms with Crippen LogP contribution in [0.25, 0.3) is 6.08 Å². The second kappa shape index (κ2) is 7.80. The Bertz CT molecular complexity index is 1010. The number of phenols is 1. The molecular weight excluding hydrogens is 438 g/mol. The molecule has 2 aromatic rings. The smallest absolute Gasteiger partial charge is 0.315 e. The van der Waals surface area contributed by atoms with Crippen LogP contribution in [0.5, 0.6) is 11.5 Å². The summed E-state index contributed by atoms with van der Waals surface area (Å²) in [6.07, 6.45) is 1.47. The number of halogens is 1. The average molecular weight is 450 g/mol. The first-order valence-corrected chi connectivity index (χ1v) is 9.09. The molecule has 0 aliphatic carbocycles. The molecule has 1 heterocycles. The normalized spacial score (nSPS) is 16.6. The summed E-state index contributed by atoms with van der Waals surface area (Å²) in [7, 11) is 1.29. The molecule has 138 valence electrons. The van der Waals surface area contributed by atoms with Crippen molar-refractivity contribution in [3.63, 3.8) is 0 Å². The molecule has 8 nitrogen and oxygen atoms in total. The average Bonchev–Trinajstić information content (AvgIpc) is 2.95. The van der Waals surface area contributed by atoms with Gasteiger partial charge in [-0.05, 0) is 47.7 Å². The van der Waals surface area contributed by atoms with Crippen molar-refractivity contribution in [2.45, 2.75) is 0 Å². The van der Waals surface area contributed by atoms with Crippen LogP contribution in [0.15, 0.2) is 50.8 Å². The molecule has 2 aromatic carbocycles. The van der Waals surface area contributed by atoms with E-state index in [4.69, 9.17) is 4.74 Å². The minimum Gasteiger partial charge on any atom is -0.500 e. The molecule has 27 heavy (non-hydrogen) atoms. The maximum absolute atomic E-state index is 12.2. The maximum atomic E-state index is 12.2. The molecular formula is C17H12BrN3O5S. The predicted octanol–water partition coefficient (Wildman–Crippen LogP) is 3.96. The summed E-state index contributed by atoms with van der Waals surface area (Å²) in [6, 6.07) is 9.86. The van der Waals surface area contributed by atoms with Gasteiger partial charge in [-0.3, -0.25) is 14.9 Å². The van der Waals surface area contributed by atoms with E-state index in [0.717, 1.165) is 16.2 Å². The van der Waals surface area contributed by atoms with E-state index in [2.05, 4.69) is 26.2 Å². The lowest BCUT2D eigenvalue weighted by molar-refractivity contribution is -0.386. The van der Waals surface area contributed by atoms with E-state index in [9.17, 15) is 20.0 Å². The Labute approximate surface area is 166 Å². The van der Waals surface area contributed by atoms with Crippen molar-refractivity contribution in [1.29, 1.82) is 0 Å². The molecule has 10 heteroatoms. The molecule has 1 saturated heterocycles. The van der Waals surface area contributed by atoms with Crippen LogP contribution < -0.4 is 10.1 Å². The van der Waals surface area contributed by atoms with E-state index >= 15 is 0 Å². The topological polar surface area (TPSA) is 114 Å². The zero-order valence-corrected chi connectivity index (χ0v) is 16.2. The number of rotatable bonds is 4. The summed E-state index contributed by atoms with van der Waals surface area (Å²) in [6.45, 7) is 0. The second-order valence-corrected chi connectivity index (χ2v) is 7.26. The van der Waals surface area contributed by atoms with Crippen LogP contribution in [0, 0.1) is 10.1 Å². The van der Waals surface area contributed by atoms with Gasteiger partial charge in [0.15, 0.2) is 10.9 Å². The van der Waals surface area contributed by atoms with Gasteiger partial charge in [0.25, 0.3) is 5.91 Å². The first-order valence-electron chi connectivity index (χ1n) is 7.48. The largest absolute Gasteiger partial charge is 0.500 e. The minimum atomic E-state index is -0.720. The molecule has 2 N–H and O–H groups in total. The fourth-order valence-corrected chi connectivity index (χ4v) is 3.52. The number of nitrogens with zero attached hydrogens (tertiary/aromatic N) is 2. The fraction of sp³-hybridized carbons (Fsp3) is 0.0588. The van der Waals surface area contributed by atoms with Gasteiger partial charge in [-0.1, -0.05) is 22.0 Å². The number of nitrogens with one attached hydrogen (secondary N) is 1. The fourth-order valence-electron chi connectivity index (χ4n) is 2.29. The lowest BCUT2D eigenvalue weighted by Gasteiger charge is -2.05. The van der Waals surface area contributed by atoms with Crippen molar-refractivity contribution in [2.75, 3.05) is 7.11 Å². The summed E-state index contributed by atoms with van der Waals surface area (Å²) in [5, 5.41) is 24.0. The molecule has 1 aliphatic rings. The number of aliphatic imine (C=N–C) groups is 1. The summed E-state index contributed by atoms with van der Waals surface area (Å²) in [5.41, 5.74) is 0.501. The van der Waals surface area contributed by atoms with Crippen LogP contribution in [-0.2, 0) is 4.79 Å². The van der Waals surface area contributed by atoms with E-state index in [1.54, 1.807) is 12.1 Å². The molecule has 1 aliphatic heterocycles. The molecule has 0 spiro atoms. The SMILES string of the molecule is COc1cc(C=C2SC(=Nc3cccc(Br)c3)NC2=O)cc([N+](=O)[O-])c1O. The number of aromatic hydroxyl groups is 1. The lowest BCUT2D eigenvalue weighted by Crippen LogP contribution is -2.19. The van der Waals surface area contributed by atoms with Gasteiger partial charge in [-0.15, -0.1) is 0 Å². The first kappa shape index (κ1) is 18.9. The second-order valence-electron chi connectivity index (χ2n) is 5.31. The monoisotopic (exact) mass is 449 g/mol. The van der Waals surface area contributed by atoms with Crippen molar-refractivity contribution >= 4 is 56.2 Å². The van der Waals surface area contributed by atoms with Gasteiger partial charge in [-0.2, -0.15) is 0 Å². The zero-order chi connectivity index (χ0) is 19.6. The van der Waals surface area contributed by atoms with Gasteiger partial charge in [0.2, 0.25) is 5.75 Å². The van der Waals surface area contributed by atoms with Crippen molar-refractivity contribution < 1.29 is 19.6 Å². The van der Waals surface area contributed by atoms with Gasteiger partial charge in [0.1, 0.15) is 0 Å². The maximum Gasteiger partial charge on any atom is 0.315 e. The van der Waals surface area contributed by atoms with Crippen molar-refractivity contribution in [1.82, 2.24) is 5.32 Å². The summed E-state index contributed by atoms with van der Waals surface area (Å²) in [5.74, 6) is -0.990. The van der Waals surface area contributed by atoms with E-state index < -0.39 is 16.4 Å². The van der Waals surface area contributed by atoms with E-state index in [0.29, 0.717) is 21.3 Å². The molecule has 3 rings (SSSR count). The number of ether oxygens (including phenoxy) is 1. The van der Waals surface area contributed by atoms with E-state index in [1.807, 2.05) is 12.1 Å². The predicted molar refractivity (Wildman–Crippen MR) is 106 cm³/mol. The molecule has 0 saturated carbocycles. The van der Waals surface area contributed by atoms with Crippen LogP contribution in [0.2, 0.25) is 0 Å². The summed E-state index contributed by atoms with van der Waals surface area (Å²) < 4.78 is 5.82. The van der Waals surface area contributed by atoms with Crippen LogP contribution in [-0.4, -0.2) is 28.2 Å². The Balaban J connectivity index is 1.93. The molecule has 1 fully saturated rings. The third-order valence-corrected chi connectivity index (χ3v) is 4.88. The number of hydrogen-bond acceptors (Lipinski definition) is 7. The van der Waals surface area contributed by atoms with Gasteiger partial charge in [0.05, 0.1) is 22.6 Å². The molecule has 1 amide bonds. The Morgan fingerprint density at radius 1 is 1.37 bits per heavy atom. The minimum absolute atomic E-state index is 0.0533. The number of hydrogen-bond donors (Lipinski definition) is 2. The Kier molecular flexibility index (Phi) is 5.47. The zero-order valence-electron chi connectivity index (χ0n) is 13.8. The summed E-state index contributed by atoms with van der Waals surface area (Å²) >= 11 is 4.46. The summed E-state index contributed by atoms with van der Waals surface area (Å²) in [4.78, 5) is 27.2. The quantitative estimate of drug-likeness (QED) is 0.414. The Morgan fingerprint density at radius 3 is 2.81 bits per heavy atom. The number of nitro benzene ring substituents is 1. The van der Waals surface area contributed by atoms with Gasteiger partial charge >= 0.3 is 5.69 Å². The third kappa shape index (κ3) is 4.29. The highest BCUT2D eigenvalue weighted by atomic mass is 79.9. The number of phenolic OH excluding ortho intramolecular Hbond substituents is 1. The van der Waals surface area contributed by atoms with Crippen LogP contribution in [0.3, 0.4) is 0 Å². The number of amides is 1. The Hall–Kier alpha value is -2.85. The standard InChI is InChI=1S/C17H12BrN3O5S/c1-26-13-6-9(5-12(15(13)22)21(24)25)7-14-16(23)20-17(27-14)19-11-4-2-3-10(18)8-11/h2-8,22H,1H3,(H,19,20,23). The van der Waals surface area contributed by atoms with Crippen molar-refractivity contribution in [2.24, 2.45) is 4.99 Å². The molecule has 0 aromatic heterocycles. The third-order valence-electron chi connectivity index (χ3n) is 3.48. The van der Waals surface area contributed by atoms with Crippen molar-refractivity contribution in [3.8, 4) is 11.5 Å². The van der Waals surface area contributed by atoms with Crippen LogP contribution in [0.1, 0.15) is 5.56 Å². The number of carbonyl (C=O) groups excluding carboxylic acids is 1.